The van der Waals surface area contributed by atoms with Crippen molar-refractivity contribution in [3.05, 3.63) is 72.1 Å². The molecule has 0 radical (unpaired) electrons. The quantitative estimate of drug-likeness (QED) is 0.245. The van der Waals surface area contributed by atoms with Crippen molar-refractivity contribution >= 4 is 16.7 Å². The van der Waals surface area contributed by atoms with Gasteiger partial charge in [0.25, 0.3) is 5.92 Å². The Labute approximate surface area is 227 Å². The third-order valence-electron chi connectivity index (χ3n) is 7.79. The average Bonchev–Trinajstić information content (AvgIpc) is 3.57. The van der Waals surface area contributed by atoms with Crippen molar-refractivity contribution in [2.24, 2.45) is 5.92 Å². The second-order valence-corrected chi connectivity index (χ2v) is 10.7. The van der Waals surface area contributed by atoms with Gasteiger partial charge in [-0.15, -0.1) is 0 Å². The van der Waals surface area contributed by atoms with Crippen LogP contribution in [0, 0.1) is 12.8 Å². The molecule has 2 aromatic carbocycles. The van der Waals surface area contributed by atoms with Crippen molar-refractivity contribution < 1.29 is 13.5 Å². The van der Waals surface area contributed by atoms with Gasteiger partial charge in [-0.2, -0.15) is 0 Å². The van der Waals surface area contributed by atoms with Crippen LogP contribution in [0.5, 0.6) is 11.6 Å². The van der Waals surface area contributed by atoms with Gasteiger partial charge in [0.1, 0.15) is 5.75 Å². The number of halogens is 2. The first-order valence-electron chi connectivity index (χ1n) is 13.8. The molecule has 0 spiro atoms. The van der Waals surface area contributed by atoms with Gasteiger partial charge in [0.05, 0.1) is 11.3 Å². The number of ether oxygens (including phenoxy) is 1. The van der Waals surface area contributed by atoms with Gasteiger partial charge < -0.3 is 15.4 Å². The lowest BCUT2D eigenvalue weighted by atomic mass is 9.97. The molecular weight excluding hydrogens is 496 g/mol. The van der Waals surface area contributed by atoms with E-state index in [0.717, 1.165) is 77.7 Å². The number of aryl methyl sites for hydroxylation is 2. The van der Waals surface area contributed by atoms with Gasteiger partial charge in [-0.3, -0.25) is 0 Å². The third-order valence-corrected chi connectivity index (χ3v) is 7.79. The highest BCUT2D eigenvalue weighted by molar-refractivity contribution is 5.92. The Bertz CT molecular complexity index is 1470. The standard InChI is InChI=1S/C31H33F2N5O/c1-20-12-13-24-21(6-2-8-22-18-31(22,32)33)7-3-10-25(24)28(20)39-29-26(11-5-16-35-29)27-14-17-36-30(38-27)37-23-9-4-15-34-19-23/h3,5,7,10-14,16-17,22-23,34H,2,4,6,8-9,15,18-19H2,1H3,(H,36,37,38)/t22-,23-/m0/s1. The highest BCUT2D eigenvalue weighted by Crippen LogP contribution is 2.51. The molecule has 0 amide bonds. The van der Waals surface area contributed by atoms with Crippen molar-refractivity contribution in [3.63, 3.8) is 0 Å². The fourth-order valence-electron chi connectivity index (χ4n) is 5.48. The van der Waals surface area contributed by atoms with Crippen molar-refractivity contribution in [3.8, 4) is 22.9 Å². The minimum Gasteiger partial charge on any atom is -0.437 e. The molecule has 0 bridgehead atoms. The molecule has 39 heavy (non-hydrogen) atoms. The van der Waals surface area contributed by atoms with Gasteiger partial charge >= 0.3 is 0 Å². The molecule has 1 saturated heterocycles. The molecule has 6 nitrogen and oxygen atoms in total. The number of benzene rings is 2. The van der Waals surface area contributed by atoms with Crippen molar-refractivity contribution in [1.82, 2.24) is 20.3 Å². The summed E-state index contributed by atoms with van der Waals surface area (Å²) in [6.07, 6.45) is 7.77. The number of hydrogen-bond donors (Lipinski definition) is 2. The number of nitrogens with one attached hydrogen (secondary N) is 2. The third kappa shape index (κ3) is 5.71. The maximum absolute atomic E-state index is 13.3. The van der Waals surface area contributed by atoms with Gasteiger partial charge in [-0.05, 0) is 80.3 Å². The normalized spacial score (nSPS) is 20.1. The Kier molecular flexibility index (Phi) is 7.12. The van der Waals surface area contributed by atoms with Crippen LogP contribution in [0.25, 0.3) is 22.0 Å². The zero-order valence-electron chi connectivity index (χ0n) is 22.1. The summed E-state index contributed by atoms with van der Waals surface area (Å²) in [6.45, 7) is 3.96. The Morgan fingerprint density at radius 2 is 1.95 bits per heavy atom. The van der Waals surface area contributed by atoms with E-state index in [0.29, 0.717) is 24.3 Å². The smallest absolute Gasteiger partial charge is 0.251 e. The van der Waals surface area contributed by atoms with Crippen LogP contribution >= 0.6 is 0 Å². The summed E-state index contributed by atoms with van der Waals surface area (Å²) in [5.41, 5.74) is 3.65. The van der Waals surface area contributed by atoms with E-state index in [-0.39, 0.29) is 6.42 Å². The molecule has 2 aromatic heterocycles. The molecule has 2 N–H and O–H groups in total. The monoisotopic (exact) mass is 529 g/mol. The van der Waals surface area contributed by atoms with E-state index in [2.05, 4.69) is 32.7 Å². The highest BCUT2D eigenvalue weighted by atomic mass is 19.3. The fourth-order valence-corrected chi connectivity index (χ4v) is 5.48. The van der Waals surface area contributed by atoms with E-state index >= 15 is 0 Å². The second kappa shape index (κ2) is 10.8. The van der Waals surface area contributed by atoms with Crippen LogP contribution in [-0.2, 0) is 6.42 Å². The van der Waals surface area contributed by atoms with Crippen LogP contribution in [0.1, 0.15) is 43.2 Å². The second-order valence-electron chi connectivity index (χ2n) is 10.7. The number of rotatable bonds is 9. The number of hydrogen-bond acceptors (Lipinski definition) is 6. The van der Waals surface area contributed by atoms with E-state index in [9.17, 15) is 8.78 Å². The topological polar surface area (TPSA) is 72.0 Å². The molecule has 2 aliphatic rings. The lowest BCUT2D eigenvalue weighted by Gasteiger charge is -2.23. The number of aromatic nitrogens is 3. The van der Waals surface area contributed by atoms with Crippen molar-refractivity contribution in [1.29, 1.82) is 0 Å². The Morgan fingerprint density at radius 1 is 1.05 bits per heavy atom. The maximum atomic E-state index is 13.3. The molecule has 1 aliphatic heterocycles. The SMILES string of the molecule is Cc1ccc2c(CCC[C@H]3CC3(F)F)cccc2c1Oc1ncccc1-c1ccnc(N[C@H]2CCCNC2)n1. The molecule has 8 heteroatoms. The number of alkyl halides is 2. The molecule has 2 atom stereocenters. The van der Waals surface area contributed by atoms with E-state index in [1.807, 2.05) is 43.3 Å². The summed E-state index contributed by atoms with van der Waals surface area (Å²) in [7, 11) is 0. The molecule has 6 rings (SSSR count). The summed E-state index contributed by atoms with van der Waals surface area (Å²) in [5.74, 6) is -1.11. The van der Waals surface area contributed by atoms with Crippen LogP contribution in [0.4, 0.5) is 14.7 Å². The lowest BCUT2D eigenvalue weighted by Crippen LogP contribution is -2.38. The van der Waals surface area contributed by atoms with E-state index in [1.165, 1.54) is 0 Å². The zero-order valence-corrected chi connectivity index (χ0v) is 22.1. The summed E-state index contributed by atoms with van der Waals surface area (Å²) in [6, 6.07) is 16.3. The van der Waals surface area contributed by atoms with Gasteiger partial charge in [-0.1, -0.05) is 30.3 Å². The lowest BCUT2D eigenvalue weighted by molar-refractivity contribution is 0.0966. The van der Waals surface area contributed by atoms with E-state index in [1.54, 1.807) is 12.4 Å². The van der Waals surface area contributed by atoms with E-state index < -0.39 is 11.8 Å². The first-order valence-corrected chi connectivity index (χ1v) is 13.8. The van der Waals surface area contributed by atoms with Gasteiger partial charge in [0, 0.05) is 42.7 Å². The highest BCUT2D eigenvalue weighted by Gasteiger charge is 2.55. The molecule has 4 aromatic rings. The number of piperidine rings is 1. The van der Waals surface area contributed by atoms with Gasteiger partial charge in [0.15, 0.2) is 0 Å². The summed E-state index contributed by atoms with van der Waals surface area (Å²) >= 11 is 0. The van der Waals surface area contributed by atoms with Crippen LogP contribution in [-0.4, -0.2) is 40.0 Å². The van der Waals surface area contributed by atoms with Crippen LogP contribution < -0.4 is 15.4 Å². The van der Waals surface area contributed by atoms with E-state index in [4.69, 9.17) is 9.72 Å². The van der Waals surface area contributed by atoms with Crippen molar-refractivity contribution in [2.45, 2.75) is 57.4 Å². The molecule has 1 saturated carbocycles. The van der Waals surface area contributed by atoms with Gasteiger partial charge in [0.2, 0.25) is 11.8 Å². The van der Waals surface area contributed by atoms with Gasteiger partial charge in [-0.25, -0.2) is 23.7 Å². The average molecular weight is 530 g/mol. The summed E-state index contributed by atoms with van der Waals surface area (Å²) in [4.78, 5) is 13.8. The molecule has 3 heterocycles. The predicted molar refractivity (Wildman–Crippen MR) is 150 cm³/mol. The number of anilines is 1. The van der Waals surface area contributed by atoms with Crippen LogP contribution in [0.15, 0.2) is 60.9 Å². The number of pyridine rings is 1. The van der Waals surface area contributed by atoms with Crippen molar-refractivity contribution in [2.75, 3.05) is 18.4 Å². The number of fused-ring (bicyclic) bond motifs is 1. The largest absolute Gasteiger partial charge is 0.437 e. The Hall–Kier alpha value is -3.65. The Balaban J connectivity index is 1.26. The molecular formula is C31H33F2N5O. The summed E-state index contributed by atoms with van der Waals surface area (Å²) in [5, 5.41) is 8.91. The molecule has 202 valence electrons. The zero-order chi connectivity index (χ0) is 26.8. The maximum Gasteiger partial charge on any atom is 0.251 e. The first kappa shape index (κ1) is 25.6. The first-order chi connectivity index (χ1) is 19.0. The Morgan fingerprint density at radius 3 is 2.77 bits per heavy atom. The van der Waals surface area contributed by atoms with Crippen LogP contribution in [0.2, 0.25) is 0 Å². The minimum atomic E-state index is -2.45. The number of nitrogens with zero attached hydrogens (tertiary/aromatic N) is 3. The summed E-state index contributed by atoms with van der Waals surface area (Å²) < 4.78 is 33.2. The minimum absolute atomic E-state index is 0.0355. The predicted octanol–water partition coefficient (Wildman–Crippen LogP) is 6.93. The molecule has 2 fully saturated rings. The molecule has 0 unspecified atom stereocenters. The van der Waals surface area contributed by atoms with Crippen LogP contribution in [0.3, 0.4) is 0 Å². The molecule has 1 aliphatic carbocycles. The fraction of sp³-hybridized carbons (Fsp3) is 0.387.